The van der Waals surface area contributed by atoms with E-state index in [1.54, 1.807) is 0 Å². The van der Waals surface area contributed by atoms with Crippen molar-refractivity contribution in [1.29, 1.82) is 0 Å². The van der Waals surface area contributed by atoms with E-state index in [-0.39, 0.29) is 12.2 Å². The van der Waals surface area contributed by atoms with Crippen molar-refractivity contribution >= 4 is 35.1 Å². The Balaban J connectivity index is 1.41. The van der Waals surface area contributed by atoms with Gasteiger partial charge in [-0.05, 0) is 54.7 Å². The maximum atomic E-state index is 11.9. The summed E-state index contributed by atoms with van der Waals surface area (Å²) in [4.78, 5) is 39.3. The lowest BCUT2D eigenvalue weighted by Crippen LogP contribution is -2.32. The molecule has 0 saturated heterocycles. The molecule has 1 aliphatic carbocycles. The zero-order valence-corrected chi connectivity index (χ0v) is 15.2. The predicted octanol–water partition coefficient (Wildman–Crippen LogP) is 2.14. The number of nitrogens with zero attached hydrogens (tertiary/aromatic N) is 1. The molecule has 1 aromatic carbocycles. The Morgan fingerprint density at radius 1 is 1.11 bits per heavy atom. The molecule has 0 spiro atoms. The van der Waals surface area contributed by atoms with E-state index in [0.29, 0.717) is 10.7 Å². The summed E-state index contributed by atoms with van der Waals surface area (Å²) >= 11 is 5.78. The second kappa shape index (κ2) is 8.64. The van der Waals surface area contributed by atoms with Crippen molar-refractivity contribution in [2.75, 3.05) is 18.5 Å². The molecule has 1 aromatic heterocycles. The Morgan fingerprint density at radius 3 is 2.74 bits per heavy atom. The molecule has 2 aromatic rings. The summed E-state index contributed by atoms with van der Waals surface area (Å²) < 4.78 is 4.87. The summed E-state index contributed by atoms with van der Waals surface area (Å²) in [6.45, 7) is -0.805. The SMILES string of the molecule is O=C(COC(=O)CNC(=O)c1cc(Cl)ccn1)Nc1ccc2c(c1)CCC2. The molecule has 0 unspecified atom stereocenters. The number of amides is 2. The number of nitrogens with one attached hydrogen (secondary N) is 2. The van der Waals surface area contributed by atoms with Gasteiger partial charge in [0.1, 0.15) is 12.2 Å². The smallest absolute Gasteiger partial charge is 0.325 e. The second-order valence-electron chi connectivity index (χ2n) is 6.09. The first-order chi connectivity index (χ1) is 13.0. The number of rotatable bonds is 6. The van der Waals surface area contributed by atoms with Crippen LogP contribution in [0.25, 0.3) is 0 Å². The van der Waals surface area contributed by atoms with Gasteiger partial charge in [-0.25, -0.2) is 0 Å². The Kier molecular flexibility index (Phi) is 6.03. The van der Waals surface area contributed by atoms with Crippen molar-refractivity contribution in [2.24, 2.45) is 0 Å². The second-order valence-corrected chi connectivity index (χ2v) is 6.52. The molecule has 0 fully saturated rings. The molecule has 27 heavy (non-hydrogen) atoms. The van der Waals surface area contributed by atoms with E-state index in [2.05, 4.69) is 15.6 Å². The van der Waals surface area contributed by atoms with Gasteiger partial charge in [0.25, 0.3) is 11.8 Å². The minimum atomic E-state index is -0.727. The number of hydrogen-bond donors (Lipinski definition) is 2. The van der Waals surface area contributed by atoms with E-state index in [1.165, 1.54) is 29.5 Å². The van der Waals surface area contributed by atoms with E-state index in [1.807, 2.05) is 18.2 Å². The highest BCUT2D eigenvalue weighted by molar-refractivity contribution is 6.30. The zero-order valence-electron chi connectivity index (χ0n) is 14.5. The molecule has 7 nitrogen and oxygen atoms in total. The largest absolute Gasteiger partial charge is 0.454 e. The van der Waals surface area contributed by atoms with Crippen LogP contribution in [-0.2, 0) is 27.2 Å². The standard InChI is InChI=1S/C19H18ClN3O4/c20-14-6-7-21-16(9-14)19(26)22-10-18(25)27-11-17(24)23-15-5-4-12-2-1-3-13(12)8-15/h4-9H,1-3,10-11H2,(H,22,26)(H,23,24). The van der Waals surface area contributed by atoms with Gasteiger partial charge in [-0.2, -0.15) is 0 Å². The Morgan fingerprint density at radius 2 is 1.93 bits per heavy atom. The van der Waals surface area contributed by atoms with E-state index in [4.69, 9.17) is 16.3 Å². The lowest BCUT2D eigenvalue weighted by molar-refractivity contribution is -0.146. The van der Waals surface area contributed by atoms with E-state index in [0.717, 1.165) is 19.3 Å². The summed E-state index contributed by atoms with van der Waals surface area (Å²) in [5, 5.41) is 5.42. The Bertz CT molecular complexity index is 885. The zero-order chi connectivity index (χ0) is 19.2. The van der Waals surface area contributed by atoms with Crippen LogP contribution < -0.4 is 10.6 Å². The minimum Gasteiger partial charge on any atom is -0.454 e. The number of carbonyl (C=O) groups excluding carboxylic acids is 3. The van der Waals surface area contributed by atoms with Gasteiger partial charge in [0.05, 0.1) is 0 Å². The van der Waals surface area contributed by atoms with Crippen molar-refractivity contribution < 1.29 is 19.1 Å². The molecule has 2 amide bonds. The molecule has 2 N–H and O–H groups in total. The van der Waals surface area contributed by atoms with Gasteiger partial charge >= 0.3 is 5.97 Å². The number of anilines is 1. The van der Waals surface area contributed by atoms with Crippen molar-refractivity contribution in [1.82, 2.24) is 10.3 Å². The summed E-state index contributed by atoms with van der Waals surface area (Å²) in [6, 6.07) is 8.70. The number of fused-ring (bicyclic) bond motifs is 1. The summed E-state index contributed by atoms with van der Waals surface area (Å²) in [6.07, 6.45) is 4.59. The van der Waals surface area contributed by atoms with Crippen LogP contribution in [-0.4, -0.2) is 35.9 Å². The molecule has 140 valence electrons. The van der Waals surface area contributed by atoms with Gasteiger partial charge in [0.2, 0.25) is 0 Å². The molecule has 1 aliphatic rings. The van der Waals surface area contributed by atoms with Crippen LogP contribution in [0.4, 0.5) is 5.69 Å². The van der Waals surface area contributed by atoms with Crippen LogP contribution in [0.3, 0.4) is 0 Å². The molecule has 3 rings (SSSR count). The summed E-state index contributed by atoms with van der Waals surface area (Å²) in [5.41, 5.74) is 3.31. The normalized spacial score (nSPS) is 12.2. The third-order valence-corrected chi connectivity index (χ3v) is 4.33. The van der Waals surface area contributed by atoms with Crippen LogP contribution in [0, 0.1) is 0 Å². The quantitative estimate of drug-likeness (QED) is 0.740. The van der Waals surface area contributed by atoms with Gasteiger partial charge in [-0.1, -0.05) is 17.7 Å². The number of carbonyl (C=O) groups is 3. The van der Waals surface area contributed by atoms with Gasteiger partial charge in [-0.15, -0.1) is 0 Å². The lowest BCUT2D eigenvalue weighted by atomic mass is 10.1. The highest BCUT2D eigenvalue weighted by atomic mass is 35.5. The van der Waals surface area contributed by atoms with Crippen LogP contribution in [0.2, 0.25) is 5.02 Å². The van der Waals surface area contributed by atoms with Gasteiger partial charge < -0.3 is 15.4 Å². The molecule has 1 heterocycles. The topological polar surface area (TPSA) is 97.4 Å². The van der Waals surface area contributed by atoms with E-state index < -0.39 is 24.4 Å². The number of benzene rings is 1. The highest BCUT2D eigenvalue weighted by Gasteiger charge is 2.14. The van der Waals surface area contributed by atoms with Crippen molar-refractivity contribution in [3.8, 4) is 0 Å². The molecule has 0 atom stereocenters. The third kappa shape index (κ3) is 5.27. The van der Waals surface area contributed by atoms with Gasteiger partial charge in [-0.3, -0.25) is 19.4 Å². The molecule has 8 heteroatoms. The van der Waals surface area contributed by atoms with Crippen molar-refractivity contribution in [3.63, 3.8) is 0 Å². The Hall–Kier alpha value is -2.93. The predicted molar refractivity (Wildman–Crippen MR) is 99.6 cm³/mol. The van der Waals surface area contributed by atoms with Crippen LogP contribution in [0.1, 0.15) is 28.0 Å². The fourth-order valence-corrected chi connectivity index (χ4v) is 2.98. The van der Waals surface area contributed by atoms with Crippen LogP contribution in [0.5, 0.6) is 0 Å². The van der Waals surface area contributed by atoms with Crippen LogP contribution in [0.15, 0.2) is 36.5 Å². The first kappa shape index (κ1) is 18.8. The molecule has 0 aliphatic heterocycles. The van der Waals surface area contributed by atoms with Crippen LogP contribution >= 0.6 is 11.6 Å². The van der Waals surface area contributed by atoms with Gasteiger partial charge in [0, 0.05) is 16.9 Å². The monoisotopic (exact) mass is 387 g/mol. The molecule has 0 saturated carbocycles. The number of aromatic nitrogens is 1. The number of esters is 1. The summed E-state index contributed by atoms with van der Waals surface area (Å²) in [5.74, 6) is -1.73. The number of hydrogen-bond acceptors (Lipinski definition) is 5. The molecule has 0 bridgehead atoms. The van der Waals surface area contributed by atoms with Crippen molar-refractivity contribution in [2.45, 2.75) is 19.3 Å². The molecular formula is C19H18ClN3O4. The molecular weight excluding hydrogens is 370 g/mol. The number of halogens is 1. The first-order valence-corrected chi connectivity index (χ1v) is 8.86. The van der Waals surface area contributed by atoms with Gasteiger partial charge in [0.15, 0.2) is 6.61 Å². The average molecular weight is 388 g/mol. The van der Waals surface area contributed by atoms with E-state index >= 15 is 0 Å². The maximum absolute atomic E-state index is 11.9. The lowest BCUT2D eigenvalue weighted by Gasteiger charge is -2.09. The number of aryl methyl sites for hydroxylation is 2. The fraction of sp³-hybridized carbons (Fsp3) is 0.263. The fourth-order valence-electron chi connectivity index (χ4n) is 2.82. The van der Waals surface area contributed by atoms with E-state index in [9.17, 15) is 14.4 Å². The number of ether oxygens (including phenoxy) is 1. The van der Waals surface area contributed by atoms with Crippen molar-refractivity contribution in [3.05, 3.63) is 58.4 Å². The number of pyridine rings is 1. The summed E-state index contributed by atoms with van der Waals surface area (Å²) in [7, 11) is 0. The average Bonchev–Trinajstić information content (AvgIpc) is 3.12. The minimum absolute atomic E-state index is 0.0876. The maximum Gasteiger partial charge on any atom is 0.325 e. The third-order valence-electron chi connectivity index (χ3n) is 4.09. The first-order valence-electron chi connectivity index (χ1n) is 8.48. The molecule has 0 radical (unpaired) electrons. The highest BCUT2D eigenvalue weighted by Crippen LogP contribution is 2.24. The Labute approximate surface area is 161 Å².